The molecule has 0 saturated heterocycles. The molecule has 1 unspecified atom stereocenters. The fourth-order valence-electron chi connectivity index (χ4n) is 3.23. The lowest BCUT2D eigenvalue weighted by atomic mass is 9.96. The van der Waals surface area contributed by atoms with Crippen molar-refractivity contribution in [3.8, 4) is 23.7 Å². The Bertz CT molecular complexity index is 407. The molecule has 0 aliphatic heterocycles. The summed E-state index contributed by atoms with van der Waals surface area (Å²) in [5.74, 6) is 11.1. The molecule has 0 aromatic carbocycles. The van der Waals surface area contributed by atoms with Crippen LogP contribution >= 0.6 is 0 Å². The first kappa shape index (κ1) is 25.0. The normalized spacial score (nSPS) is 12.6. The van der Waals surface area contributed by atoms with Crippen LogP contribution in [-0.2, 0) is 0 Å². The summed E-state index contributed by atoms with van der Waals surface area (Å²) in [4.78, 5) is 0. The topological polar surface area (TPSA) is 40.5 Å². The van der Waals surface area contributed by atoms with E-state index in [1.54, 1.807) is 0 Å². The highest BCUT2D eigenvalue weighted by Gasteiger charge is 2.02. The van der Waals surface area contributed by atoms with E-state index in [-0.39, 0.29) is 6.61 Å². The molecule has 0 heterocycles. The Balaban J connectivity index is 3.35. The number of aliphatic hydroxyl groups excluding tert-OH is 2. The highest BCUT2D eigenvalue weighted by molar-refractivity contribution is 5.27. The molecule has 0 aromatic heterocycles. The molecule has 0 aliphatic rings. The molecule has 0 amide bonds. The highest BCUT2D eigenvalue weighted by atomic mass is 16.3. The van der Waals surface area contributed by atoms with Crippen LogP contribution in [0.25, 0.3) is 0 Å². The quantitative estimate of drug-likeness (QED) is 0.267. The number of rotatable bonds is 16. The molecule has 2 N–H and O–H groups in total. The van der Waals surface area contributed by atoms with Gasteiger partial charge >= 0.3 is 0 Å². The maximum absolute atomic E-state index is 9.68. The van der Waals surface area contributed by atoms with E-state index in [2.05, 4.69) is 37.5 Å². The van der Waals surface area contributed by atoms with E-state index in [0.29, 0.717) is 0 Å². The van der Waals surface area contributed by atoms with Gasteiger partial charge in [-0.25, -0.2) is 0 Å². The van der Waals surface area contributed by atoms with E-state index in [4.69, 9.17) is 5.11 Å². The monoisotopic (exact) mass is 362 g/mol. The van der Waals surface area contributed by atoms with Crippen molar-refractivity contribution >= 4 is 0 Å². The average Bonchev–Trinajstić information content (AvgIpc) is 2.64. The standard InChI is InChI=1S/C24H42O2/c1-3-4-5-6-9-13-18-23(2)19-14-10-7-8-11-15-20-24(26)21-16-12-17-22-25/h23-26H,3-11,13-15,18-20,22H2,1-2H3/t23?,24-/m0/s1. The van der Waals surface area contributed by atoms with Gasteiger partial charge in [-0.2, -0.15) is 0 Å². The molecule has 0 aromatic rings. The van der Waals surface area contributed by atoms with Crippen LogP contribution < -0.4 is 0 Å². The lowest BCUT2D eigenvalue weighted by molar-refractivity contribution is 0.217. The zero-order chi connectivity index (χ0) is 19.3. The van der Waals surface area contributed by atoms with Gasteiger partial charge in [-0.15, -0.1) is 0 Å². The van der Waals surface area contributed by atoms with Gasteiger partial charge in [0.25, 0.3) is 0 Å². The molecule has 0 spiro atoms. The van der Waals surface area contributed by atoms with Crippen LogP contribution in [0.2, 0.25) is 0 Å². The van der Waals surface area contributed by atoms with Gasteiger partial charge in [-0.05, 0) is 30.6 Å². The van der Waals surface area contributed by atoms with Gasteiger partial charge < -0.3 is 10.2 Å². The summed E-state index contributed by atoms with van der Waals surface area (Å²) in [7, 11) is 0. The first-order valence-corrected chi connectivity index (χ1v) is 11.0. The molecular weight excluding hydrogens is 320 g/mol. The first-order chi connectivity index (χ1) is 12.7. The fourth-order valence-corrected chi connectivity index (χ4v) is 3.23. The molecule has 0 rings (SSSR count). The van der Waals surface area contributed by atoms with Crippen LogP contribution in [0.1, 0.15) is 110 Å². The molecular formula is C24H42O2. The van der Waals surface area contributed by atoms with Crippen molar-refractivity contribution in [1.82, 2.24) is 0 Å². The molecule has 2 nitrogen and oxygen atoms in total. The predicted octanol–water partition coefficient (Wildman–Crippen LogP) is 5.85. The van der Waals surface area contributed by atoms with E-state index >= 15 is 0 Å². The van der Waals surface area contributed by atoms with Crippen LogP contribution in [0.3, 0.4) is 0 Å². The minimum absolute atomic E-state index is 0.178. The Labute approximate surface area is 163 Å². The largest absolute Gasteiger partial charge is 0.384 e. The van der Waals surface area contributed by atoms with Crippen molar-refractivity contribution in [3.63, 3.8) is 0 Å². The van der Waals surface area contributed by atoms with E-state index < -0.39 is 6.10 Å². The summed E-state index contributed by atoms with van der Waals surface area (Å²) >= 11 is 0. The molecule has 0 bridgehead atoms. The molecule has 0 fully saturated rings. The SMILES string of the molecule is CCCCCCCCC(C)CCCCCCCC[C@H](O)C#CC#CCO. The van der Waals surface area contributed by atoms with Crippen molar-refractivity contribution in [2.24, 2.45) is 5.92 Å². The summed E-state index contributed by atoms with van der Waals surface area (Å²) in [6.45, 7) is 4.51. The van der Waals surface area contributed by atoms with Gasteiger partial charge in [-0.1, -0.05) is 109 Å². The third-order valence-electron chi connectivity index (χ3n) is 4.94. The molecule has 2 heteroatoms. The highest BCUT2D eigenvalue weighted by Crippen LogP contribution is 2.18. The number of unbranched alkanes of at least 4 members (excludes halogenated alkanes) is 10. The maximum atomic E-state index is 9.68. The van der Waals surface area contributed by atoms with E-state index in [1.165, 1.54) is 83.5 Å². The number of aliphatic hydroxyl groups is 2. The maximum Gasteiger partial charge on any atom is 0.115 e. The Morgan fingerprint density at radius 1 is 0.692 bits per heavy atom. The Morgan fingerprint density at radius 2 is 1.19 bits per heavy atom. The molecule has 26 heavy (non-hydrogen) atoms. The van der Waals surface area contributed by atoms with Gasteiger partial charge in [0.2, 0.25) is 0 Å². The van der Waals surface area contributed by atoms with Crippen molar-refractivity contribution in [2.75, 3.05) is 6.61 Å². The number of hydrogen-bond donors (Lipinski definition) is 2. The second-order valence-corrected chi connectivity index (χ2v) is 7.61. The molecule has 0 saturated carbocycles. The van der Waals surface area contributed by atoms with E-state index in [0.717, 1.165) is 18.8 Å². The summed E-state index contributed by atoms with van der Waals surface area (Å²) in [5.41, 5.74) is 0. The Kier molecular flexibility index (Phi) is 19.6. The second-order valence-electron chi connectivity index (χ2n) is 7.61. The third-order valence-corrected chi connectivity index (χ3v) is 4.94. The van der Waals surface area contributed by atoms with Crippen LogP contribution in [0.15, 0.2) is 0 Å². The Morgan fingerprint density at radius 3 is 1.73 bits per heavy atom. The van der Waals surface area contributed by atoms with Gasteiger partial charge in [0.05, 0.1) is 0 Å². The van der Waals surface area contributed by atoms with Gasteiger partial charge in [0.15, 0.2) is 0 Å². The molecule has 150 valence electrons. The summed E-state index contributed by atoms with van der Waals surface area (Å²) in [6, 6.07) is 0. The van der Waals surface area contributed by atoms with Crippen LogP contribution in [0.4, 0.5) is 0 Å². The summed E-state index contributed by atoms with van der Waals surface area (Å²) in [5, 5.41) is 18.2. The molecule has 0 radical (unpaired) electrons. The minimum atomic E-state index is -0.578. The summed E-state index contributed by atoms with van der Waals surface area (Å²) in [6.07, 6.45) is 18.9. The lowest BCUT2D eigenvalue weighted by Crippen LogP contribution is -2.02. The number of hydrogen-bond acceptors (Lipinski definition) is 2. The molecule has 0 aliphatic carbocycles. The Hall–Kier alpha value is -0.960. The predicted molar refractivity (Wildman–Crippen MR) is 113 cm³/mol. The zero-order valence-corrected chi connectivity index (χ0v) is 17.4. The minimum Gasteiger partial charge on any atom is -0.384 e. The van der Waals surface area contributed by atoms with Crippen molar-refractivity contribution in [2.45, 2.75) is 116 Å². The van der Waals surface area contributed by atoms with Crippen molar-refractivity contribution < 1.29 is 10.2 Å². The van der Waals surface area contributed by atoms with Gasteiger partial charge in [0.1, 0.15) is 12.7 Å². The third kappa shape index (κ3) is 19.4. The first-order valence-electron chi connectivity index (χ1n) is 11.0. The van der Waals surface area contributed by atoms with E-state index in [1.807, 2.05) is 0 Å². The average molecular weight is 363 g/mol. The fraction of sp³-hybridized carbons (Fsp3) is 0.833. The molecule has 2 atom stereocenters. The van der Waals surface area contributed by atoms with Crippen molar-refractivity contribution in [1.29, 1.82) is 0 Å². The zero-order valence-electron chi connectivity index (χ0n) is 17.4. The smallest absolute Gasteiger partial charge is 0.115 e. The second kappa shape index (κ2) is 20.4. The van der Waals surface area contributed by atoms with E-state index in [9.17, 15) is 5.11 Å². The van der Waals surface area contributed by atoms with Crippen molar-refractivity contribution in [3.05, 3.63) is 0 Å². The van der Waals surface area contributed by atoms with Crippen LogP contribution in [0, 0.1) is 29.6 Å². The van der Waals surface area contributed by atoms with Crippen LogP contribution in [-0.4, -0.2) is 22.9 Å². The summed E-state index contributed by atoms with van der Waals surface area (Å²) < 4.78 is 0. The van der Waals surface area contributed by atoms with Gasteiger partial charge in [0, 0.05) is 0 Å². The van der Waals surface area contributed by atoms with Gasteiger partial charge in [-0.3, -0.25) is 0 Å². The lowest BCUT2D eigenvalue weighted by Gasteiger charge is -2.11. The van der Waals surface area contributed by atoms with Crippen LogP contribution in [0.5, 0.6) is 0 Å².